The second kappa shape index (κ2) is 5.85. The van der Waals surface area contributed by atoms with Crippen LogP contribution < -0.4 is 10.2 Å². The Morgan fingerprint density at radius 3 is 2.65 bits per heavy atom. The number of alkyl halides is 3. The molecule has 112 valence electrons. The highest BCUT2D eigenvalue weighted by Gasteiger charge is 2.34. The maximum Gasteiger partial charge on any atom is 0.433 e. The van der Waals surface area contributed by atoms with Crippen LogP contribution in [0.25, 0.3) is 0 Å². The minimum atomic E-state index is -4.46. The van der Waals surface area contributed by atoms with E-state index in [-0.39, 0.29) is 5.95 Å². The van der Waals surface area contributed by atoms with Crippen molar-refractivity contribution >= 4 is 11.8 Å². The van der Waals surface area contributed by atoms with Crippen LogP contribution >= 0.6 is 0 Å². The fourth-order valence-corrected chi connectivity index (χ4v) is 2.35. The maximum absolute atomic E-state index is 12.9. The molecule has 0 bridgehead atoms. The van der Waals surface area contributed by atoms with Crippen molar-refractivity contribution in [3.05, 3.63) is 11.8 Å². The molecule has 0 radical (unpaired) electrons. The van der Waals surface area contributed by atoms with E-state index in [1.807, 2.05) is 4.90 Å². The van der Waals surface area contributed by atoms with Crippen molar-refractivity contribution in [3.8, 4) is 0 Å². The fourth-order valence-electron chi connectivity index (χ4n) is 2.35. The number of rotatable bonds is 2. The van der Waals surface area contributed by atoms with Gasteiger partial charge in [0.05, 0.1) is 0 Å². The Morgan fingerprint density at radius 1 is 1.25 bits per heavy atom. The lowest BCUT2D eigenvalue weighted by molar-refractivity contribution is -0.141. The molecule has 0 aliphatic carbocycles. The molecule has 2 heterocycles. The molecule has 1 saturated heterocycles. The molecule has 1 aliphatic rings. The summed E-state index contributed by atoms with van der Waals surface area (Å²) in [6.07, 6.45) is -1.41. The van der Waals surface area contributed by atoms with Gasteiger partial charge >= 0.3 is 6.18 Å². The Labute approximate surface area is 116 Å². The molecular weight excluding hydrogens is 269 g/mol. The van der Waals surface area contributed by atoms with Gasteiger partial charge in [-0.2, -0.15) is 18.2 Å². The molecule has 20 heavy (non-hydrogen) atoms. The molecule has 0 spiro atoms. The topological polar surface area (TPSA) is 41.1 Å². The summed E-state index contributed by atoms with van der Waals surface area (Å²) in [5, 5.41) is 2.59. The van der Waals surface area contributed by atoms with Gasteiger partial charge in [0.2, 0.25) is 5.95 Å². The molecule has 0 aromatic carbocycles. The standard InChI is InChI=1S/C13H19F3N4/c1-9-4-3-6-20(7-5-9)11-8-10(13(14,15)16)18-12(17-2)19-11/h8-9H,3-7H2,1-2H3,(H,17,18,19). The molecule has 1 aromatic heterocycles. The van der Waals surface area contributed by atoms with Gasteiger partial charge in [-0.25, -0.2) is 4.98 Å². The molecule has 7 heteroatoms. The van der Waals surface area contributed by atoms with E-state index < -0.39 is 11.9 Å². The molecule has 1 fully saturated rings. The van der Waals surface area contributed by atoms with Gasteiger partial charge in [0.15, 0.2) is 5.69 Å². The van der Waals surface area contributed by atoms with Gasteiger partial charge in [-0.1, -0.05) is 6.92 Å². The van der Waals surface area contributed by atoms with E-state index in [1.54, 1.807) is 0 Å². The van der Waals surface area contributed by atoms with Crippen LogP contribution in [0.3, 0.4) is 0 Å². The van der Waals surface area contributed by atoms with Crippen LogP contribution in [0, 0.1) is 5.92 Å². The largest absolute Gasteiger partial charge is 0.433 e. The first-order chi connectivity index (χ1) is 9.40. The van der Waals surface area contributed by atoms with Crippen LogP contribution in [0.5, 0.6) is 0 Å². The van der Waals surface area contributed by atoms with Gasteiger partial charge in [0, 0.05) is 26.2 Å². The average Bonchev–Trinajstić information content (AvgIpc) is 2.62. The normalized spacial score (nSPS) is 20.6. The zero-order chi connectivity index (χ0) is 14.8. The Bertz CT molecular complexity index is 461. The summed E-state index contributed by atoms with van der Waals surface area (Å²) in [5.74, 6) is 0.964. The summed E-state index contributed by atoms with van der Waals surface area (Å²) >= 11 is 0. The van der Waals surface area contributed by atoms with E-state index in [2.05, 4.69) is 22.2 Å². The van der Waals surface area contributed by atoms with Gasteiger partial charge in [0.25, 0.3) is 0 Å². The highest BCUT2D eigenvalue weighted by atomic mass is 19.4. The predicted octanol–water partition coefficient (Wildman–Crippen LogP) is 3.16. The van der Waals surface area contributed by atoms with Crippen LogP contribution in [0.2, 0.25) is 0 Å². The van der Waals surface area contributed by atoms with E-state index in [4.69, 9.17) is 0 Å². The van der Waals surface area contributed by atoms with Gasteiger partial charge in [-0.05, 0) is 25.2 Å². The quantitative estimate of drug-likeness (QED) is 0.907. The Kier molecular flexibility index (Phi) is 4.35. The van der Waals surface area contributed by atoms with E-state index in [9.17, 15) is 13.2 Å². The number of hydrogen-bond acceptors (Lipinski definition) is 4. The van der Waals surface area contributed by atoms with Gasteiger partial charge in [0.1, 0.15) is 5.82 Å². The second-order valence-electron chi connectivity index (χ2n) is 5.21. The number of anilines is 2. The zero-order valence-electron chi connectivity index (χ0n) is 11.7. The van der Waals surface area contributed by atoms with Crippen molar-refractivity contribution in [2.24, 2.45) is 5.92 Å². The first-order valence-electron chi connectivity index (χ1n) is 6.79. The third-order valence-electron chi connectivity index (χ3n) is 3.57. The van der Waals surface area contributed by atoms with Crippen LogP contribution in [0.15, 0.2) is 6.07 Å². The van der Waals surface area contributed by atoms with Crippen LogP contribution in [-0.2, 0) is 6.18 Å². The van der Waals surface area contributed by atoms with E-state index in [1.165, 1.54) is 7.05 Å². The van der Waals surface area contributed by atoms with Crippen LogP contribution in [-0.4, -0.2) is 30.1 Å². The third-order valence-corrected chi connectivity index (χ3v) is 3.57. The molecule has 1 unspecified atom stereocenters. The number of nitrogens with zero attached hydrogens (tertiary/aromatic N) is 3. The average molecular weight is 288 g/mol. The maximum atomic E-state index is 12.9. The summed E-state index contributed by atoms with van der Waals surface area (Å²) in [4.78, 5) is 9.56. The smallest absolute Gasteiger partial charge is 0.357 e. The summed E-state index contributed by atoms with van der Waals surface area (Å²) in [6.45, 7) is 3.64. The lowest BCUT2D eigenvalue weighted by atomic mass is 10.0. The van der Waals surface area contributed by atoms with Gasteiger partial charge < -0.3 is 10.2 Å². The first-order valence-corrected chi connectivity index (χ1v) is 6.79. The fraction of sp³-hybridized carbons (Fsp3) is 0.692. The minimum absolute atomic E-state index is 0.00659. The SMILES string of the molecule is CNc1nc(N2CCCC(C)CC2)cc(C(F)(F)F)n1. The molecule has 2 rings (SSSR count). The van der Waals surface area contributed by atoms with Crippen molar-refractivity contribution in [3.63, 3.8) is 0 Å². The third kappa shape index (κ3) is 3.52. The van der Waals surface area contributed by atoms with E-state index in [0.29, 0.717) is 11.7 Å². The van der Waals surface area contributed by atoms with E-state index >= 15 is 0 Å². The summed E-state index contributed by atoms with van der Waals surface area (Å²) in [6, 6.07) is 1.04. The Balaban J connectivity index is 2.30. The Hall–Kier alpha value is -1.53. The minimum Gasteiger partial charge on any atom is -0.357 e. The van der Waals surface area contributed by atoms with Crippen LogP contribution in [0.1, 0.15) is 31.9 Å². The van der Waals surface area contributed by atoms with Crippen molar-refractivity contribution in [2.45, 2.75) is 32.4 Å². The number of aromatic nitrogens is 2. The molecule has 1 atom stereocenters. The highest BCUT2D eigenvalue weighted by Crippen LogP contribution is 2.31. The molecule has 1 aromatic rings. The first kappa shape index (κ1) is 14.9. The number of halogens is 3. The summed E-state index contributed by atoms with van der Waals surface area (Å²) in [7, 11) is 1.52. The monoisotopic (exact) mass is 288 g/mol. The molecule has 1 N–H and O–H groups in total. The zero-order valence-corrected chi connectivity index (χ0v) is 11.7. The molecular formula is C13H19F3N4. The molecule has 1 aliphatic heterocycles. The van der Waals surface area contributed by atoms with Crippen molar-refractivity contribution in [2.75, 3.05) is 30.4 Å². The predicted molar refractivity (Wildman–Crippen MR) is 71.8 cm³/mol. The Morgan fingerprint density at radius 2 is 2.00 bits per heavy atom. The summed E-state index contributed by atoms with van der Waals surface area (Å²) in [5.41, 5.74) is -0.899. The van der Waals surface area contributed by atoms with Crippen molar-refractivity contribution in [1.82, 2.24) is 9.97 Å². The molecule has 0 saturated carbocycles. The van der Waals surface area contributed by atoms with Crippen molar-refractivity contribution < 1.29 is 13.2 Å². The lowest BCUT2D eigenvalue weighted by Crippen LogP contribution is -2.26. The van der Waals surface area contributed by atoms with E-state index in [0.717, 1.165) is 38.4 Å². The number of nitrogens with one attached hydrogen (secondary N) is 1. The lowest BCUT2D eigenvalue weighted by Gasteiger charge is -2.22. The van der Waals surface area contributed by atoms with Gasteiger partial charge in [-0.15, -0.1) is 0 Å². The van der Waals surface area contributed by atoms with Crippen molar-refractivity contribution in [1.29, 1.82) is 0 Å². The molecule has 4 nitrogen and oxygen atoms in total. The number of hydrogen-bond donors (Lipinski definition) is 1. The summed E-state index contributed by atoms with van der Waals surface area (Å²) < 4.78 is 38.6. The second-order valence-corrected chi connectivity index (χ2v) is 5.21. The van der Waals surface area contributed by atoms with Gasteiger partial charge in [-0.3, -0.25) is 0 Å². The van der Waals surface area contributed by atoms with Crippen LogP contribution in [0.4, 0.5) is 24.9 Å². The highest BCUT2D eigenvalue weighted by molar-refractivity contribution is 5.45. The molecule has 0 amide bonds.